The Morgan fingerprint density at radius 1 is 1.08 bits per heavy atom. The number of fused-ring (bicyclic) bond motifs is 1. The summed E-state index contributed by atoms with van der Waals surface area (Å²) in [6.07, 6.45) is -4.47. The fraction of sp³-hybridized carbons (Fsp3) is 0.176. The van der Waals surface area contributed by atoms with Gasteiger partial charge in [0.2, 0.25) is 16.1 Å². The van der Waals surface area contributed by atoms with Crippen LogP contribution in [0.25, 0.3) is 6.08 Å². The van der Waals surface area contributed by atoms with Crippen LogP contribution < -0.4 is 9.46 Å². The van der Waals surface area contributed by atoms with Crippen LogP contribution in [0.3, 0.4) is 0 Å². The lowest BCUT2D eigenvalue weighted by Gasteiger charge is -2.23. The summed E-state index contributed by atoms with van der Waals surface area (Å²) in [6, 6.07) is 12.7. The Hall–Kier alpha value is -2.32. The molecule has 0 bridgehead atoms. The first kappa shape index (κ1) is 17.5. The molecule has 1 atom stereocenters. The topological polar surface area (TPSA) is 55.4 Å². The second-order valence-corrected chi connectivity index (χ2v) is 7.22. The van der Waals surface area contributed by atoms with Gasteiger partial charge < -0.3 is 4.74 Å². The predicted molar refractivity (Wildman–Crippen MR) is 86.4 cm³/mol. The Kier molecular flexibility index (Phi) is 4.57. The van der Waals surface area contributed by atoms with Gasteiger partial charge in [0.15, 0.2) is 0 Å². The van der Waals surface area contributed by atoms with Gasteiger partial charge in [-0.25, -0.2) is 13.1 Å². The molecule has 4 nitrogen and oxygen atoms in total. The zero-order valence-corrected chi connectivity index (χ0v) is 13.6. The van der Waals surface area contributed by atoms with E-state index in [-0.39, 0.29) is 22.8 Å². The first-order chi connectivity index (χ1) is 11.8. The zero-order chi connectivity index (χ0) is 18.1. The largest absolute Gasteiger partial charge is 0.476 e. The van der Waals surface area contributed by atoms with E-state index in [0.29, 0.717) is 0 Å². The molecular formula is C17H14F3NO3S. The van der Waals surface area contributed by atoms with E-state index < -0.39 is 22.3 Å². The summed E-state index contributed by atoms with van der Waals surface area (Å²) in [7, 11) is -3.80. The average molecular weight is 369 g/mol. The lowest BCUT2D eigenvalue weighted by atomic mass is 10.1. The van der Waals surface area contributed by atoms with Gasteiger partial charge in [-0.15, -0.1) is 0 Å². The summed E-state index contributed by atoms with van der Waals surface area (Å²) in [5, 5.41) is 0. The van der Waals surface area contributed by atoms with Crippen molar-refractivity contribution in [1.82, 2.24) is 4.72 Å². The van der Waals surface area contributed by atoms with Gasteiger partial charge in [0.25, 0.3) is 0 Å². The summed E-state index contributed by atoms with van der Waals surface area (Å²) in [6.45, 7) is 0.114. The van der Waals surface area contributed by atoms with Crippen molar-refractivity contribution in [2.45, 2.75) is 23.7 Å². The molecule has 2 aromatic carbocycles. The van der Waals surface area contributed by atoms with Crippen LogP contribution in [0.2, 0.25) is 0 Å². The fourth-order valence-electron chi connectivity index (χ4n) is 2.33. The molecular weight excluding hydrogens is 355 g/mol. The average Bonchev–Trinajstić information content (AvgIpc) is 2.59. The third-order valence-electron chi connectivity index (χ3n) is 3.63. The maximum absolute atomic E-state index is 12.7. The van der Waals surface area contributed by atoms with Crippen molar-refractivity contribution in [1.29, 1.82) is 0 Å². The van der Waals surface area contributed by atoms with Gasteiger partial charge in [-0.2, -0.15) is 13.2 Å². The van der Waals surface area contributed by atoms with Crippen LogP contribution in [0.5, 0.6) is 5.75 Å². The highest BCUT2D eigenvalue weighted by Gasteiger charge is 2.41. The molecule has 8 heteroatoms. The van der Waals surface area contributed by atoms with E-state index in [4.69, 9.17) is 4.74 Å². The monoisotopic (exact) mass is 369 g/mol. The van der Waals surface area contributed by atoms with Crippen LogP contribution in [-0.4, -0.2) is 20.7 Å². The molecule has 1 N–H and O–H groups in total. The molecule has 0 aliphatic carbocycles. The van der Waals surface area contributed by atoms with Gasteiger partial charge in [0.05, 0.1) is 4.90 Å². The van der Waals surface area contributed by atoms with Crippen LogP contribution in [0.15, 0.2) is 59.5 Å². The van der Waals surface area contributed by atoms with Crippen LogP contribution >= 0.6 is 0 Å². The highest BCUT2D eigenvalue weighted by atomic mass is 32.2. The lowest BCUT2D eigenvalue weighted by molar-refractivity contribution is -0.180. The van der Waals surface area contributed by atoms with Crippen LogP contribution in [-0.2, 0) is 16.6 Å². The number of halogens is 3. The van der Waals surface area contributed by atoms with E-state index in [1.54, 1.807) is 24.3 Å². The van der Waals surface area contributed by atoms with Gasteiger partial charge in [-0.05, 0) is 29.8 Å². The highest BCUT2D eigenvalue weighted by Crippen LogP contribution is 2.34. The quantitative estimate of drug-likeness (QED) is 0.898. The van der Waals surface area contributed by atoms with Gasteiger partial charge in [0, 0.05) is 12.1 Å². The molecule has 0 amide bonds. The third-order valence-corrected chi connectivity index (χ3v) is 5.03. The van der Waals surface area contributed by atoms with Gasteiger partial charge in [-0.3, -0.25) is 0 Å². The summed E-state index contributed by atoms with van der Waals surface area (Å²) in [5.41, 5.74) is 1.07. The Balaban J connectivity index is 1.78. The first-order valence-electron chi connectivity index (χ1n) is 7.35. The molecule has 0 spiro atoms. The molecule has 1 aliphatic rings. The summed E-state index contributed by atoms with van der Waals surface area (Å²) in [5.74, 6) is -0.00756. The Morgan fingerprint density at radius 2 is 1.80 bits per heavy atom. The normalized spacial score (nSPS) is 17.0. The van der Waals surface area contributed by atoms with Crippen molar-refractivity contribution in [3.05, 3.63) is 65.7 Å². The van der Waals surface area contributed by atoms with Crippen molar-refractivity contribution < 1.29 is 26.3 Å². The molecule has 1 heterocycles. The van der Waals surface area contributed by atoms with Gasteiger partial charge >= 0.3 is 6.18 Å². The van der Waals surface area contributed by atoms with Gasteiger partial charge in [0.1, 0.15) is 5.75 Å². The van der Waals surface area contributed by atoms with Gasteiger partial charge in [-0.1, -0.05) is 36.4 Å². The summed E-state index contributed by atoms with van der Waals surface area (Å²) in [4.78, 5) is -0.0408. The van der Waals surface area contributed by atoms with E-state index in [0.717, 1.165) is 11.6 Å². The van der Waals surface area contributed by atoms with Crippen molar-refractivity contribution in [2.24, 2.45) is 0 Å². The standard InChI is InChI=1S/C17H14F3NO3S/c18-17(19,20)16-9-6-13-10-14(7-8-15(13)24-16)25(22,23)21-11-12-4-2-1-3-5-12/h1-10,16,21H,11H2. The maximum atomic E-state index is 12.7. The molecule has 0 radical (unpaired) electrons. The molecule has 132 valence electrons. The number of hydrogen-bond acceptors (Lipinski definition) is 3. The second-order valence-electron chi connectivity index (χ2n) is 5.45. The van der Waals surface area contributed by atoms with E-state index in [2.05, 4.69) is 4.72 Å². The molecule has 0 aromatic heterocycles. The molecule has 0 fully saturated rings. The van der Waals surface area contributed by atoms with Crippen LogP contribution in [0.4, 0.5) is 13.2 Å². The zero-order valence-electron chi connectivity index (χ0n) is 12.8. The lowest BCUT2D eigenvalue weighted by Crippen LogP contribution is -2.34. The second kappa shape index (κ2) is 6.53. The molecule has 0 saturated heterocycles. The third kappa shape index (κ3) is 4.02. The highest BCUT2D eigenvalue weighted by molar-refractivity contribution is 7.89. The number of nitrogens with one attached hydrogen (secondary N) is 1. The molecule has 0 saturated carbocycles. The van der Waals surface area contributed by atoms with Crippen molar-refractivity contribution in [2.75, 3.05) is 0 Å². The van der Waals surface area contributed by atoms with E-state index in [1.807, 2.05) is 6.07 Å². The van der Waals surface area contributed by atoms with Crippen LogP contribution in [0, 0.1) is 0 Å². The Labute approximate surface area is 143 Å². The minimum atomic E-state index is -4.52. The summed E-state index contributed by atoms with van der Waals surface area (Å²) >= 11 is 0. The Bertz CT molecular complexity index is 893. The number of alkyl halides is 3. The first-order valence-corrected chi connectivity index (χ1v) is 8.83. The molecule has 1 unspecified atom stereocenters. The number of hydrogen-bond donors (Lipinski definition) is 1. The minimum Gasteiger partial charge on any atom is -0.476 e. The van der Waals surface area contributed by atoms with Crippen molar-refractivity contribution in [3.63, 3.8) is 0 Å². The SMILES string of the molecule is O=S(=O)(NCc1ccccc1)c1ccc2c(c1)C=CC(C(F)(F)F)O2. The number of rotatable bonds is 4. The number of sulfonamides is 1. The Morgan fingerprint density at radius 3 is 2.48 bits per heavy atom. The van der Waals surface area contributed by atoms with E-state index in [1.165, 1.54) is 24.3 Å². The molecule has 2 aromatic rings. The fourth-order valence-corrected chi connectivity index (χ4v) is 3.38. The van der Waals surface area contributed by atoms with E-state index in [9.17, 15) is 21.6 Å². The number of benzene rings is 2. The maximum Gasteiger partial charge on any atom is 0.429 e. The number of ether oxygens (including phenoxy) is 1. The smallest absolute Gasteiger partial charge is 0.429 e. The molecule has 25 heavy (non-hydrogen) atoms. The van der Waals surface area contributed by atoms with E-state index >= 15 is 0 Å². The molecule has 3 rings (SSSR count). The summed E-state index contributed by atoms with van der Waals surface area (Å²) < 4.78 is 70.1. The minimum absolute atomic E-state index is 0.00756. The van der Waals surface area contributed by atoms with Crippen molar-refractivity contribution >= 4 is 16.1 Å². The van der Waals surface area contributed by atoms with Crippen LogP contribution in [0.1, 0.15) is 11.1 Å². The molecule has 1 aliphatic heterocycles. The predicted octanol–water partition coefficient (Wildman–Crippen LogP) is 3.50. The van der Waals surface area contributed by atoms with Crippen molar-refractivity contribution in [3.8, 4) is 5.75 Å².